The lowest BCUT2D eigenvalue weighted by molar-refractivity contribution is -0.141. The molecule has 0 saturated heterocycles. The van der Waals surface area contributed by atoms with Crippen LogP contribution in [0.3, 0.4) is 0 Å². The van der Waals surface area contributed by atoms with E-state index in [1.54, 1.807) is 6.07 Å². The molecule has 22 heavy (non-hydrogen) atoms. The number of ether oxygens (including phenoxy) is 1. The Morgan fingerprint density at radius 2 is 2.05 bits per heavy atom. The van der Waals surface area contributed by atoms with E-state index < -0.39 is 21.7 Å². The lowest BCUT2D eigenvalue weighted by atomic mass is 10.3. The summed E-state index contributed by atoms with van der Waals surface area (Å²) < 4.78 is 30.0. The molecule has 0 bridgehead atoms. The summed E-state index contributed by atoms with van der Waals surface area (Å²) in [4.78, 5) is 27.1. The van der Waals surface area contributed by atoms with E-state index in [0.29, 0.717) is 15.0 Å². The SMILES string of the molecule is COC(=O)Cn1c(=NC(C)=O)sc2cc(S(C)(=O)=O)ccc21. The first-order valence-electron chi connectivity index (χ1n) is 6.18. The molecular weight excluding hydrogens is 328 g/mol. The number of rotatable bonds is 3. The van der Waals surface area contributed by atoms with Crippen LogP contribution in [-0.2, 0) is 30.7 Å². The number of esters is 1. The van der Waals surface area contributed by atoms with Crippen molar-refractivity contribution in [3.8, 4) is 0 Å². The highest BCUT2D eigenvalue weighted by Gasteiger charge is 2.14. The van der Waals surface area contributed by atoms with Crippen molar-refractivity contribution in [2.45, 2.75) is 18.4 Å². The average molecular weight is 342 g/mol. The summed E-state index contributed by atoms with van der Waals surface area (Å²) in [6.45, 7) is 1.19. The normalized spacial score (nSPS) is 12.6. The van der Waals surface area contributed by atoms with Gasteiger partial charge in [0.25, 0.3) is 0 Å². The van der Waals surface area contributed by atoms with Gasteiger partial charge in [-0.1, -0.05) is 11.3 Å². The maximum atomic E-state index is 11.6. The molecule has 9 heteroatoms. The Labute approximate surface area is 130 Å². The van der Waals surface area contributed by atoms with Crippen LogP contribution in [0.1, 0.15) is 6.92 Å². The summed E-state index contributed by atoms with van der Waals surface area (Å²) in [5.41, 5.74) is 0.614. The number of sulfone groups is 1. The number of aromatic nitrogens is 1. The van der Waals surface area contributed by atoms with Crippen molar-refractivity contribution in [2.75, 3.05) is 13.4 Å². The first kappa shape index (κ1) is 16.4. The number of carbonyl (C=O) groups is 2. The Hall–Kier alpha value is -2.00. The zero-order valence-electron chi connectivity index (χ0n) is 12.2. The van der Waals surface area contributed by atoms with Crippen LogP contribution >= 0.6 is 11.3 Å². The largest absolute Gasteiger partial charge is 0.468 e. The molecule has 0 fully saturated rings. The van der Waals surface area contributed by atoms with Gasteiger partial charge in [0.1, 0.15) is 6.54 Å². The van der Waals surface area contributed by atoms with Crippen molar-refractivity contribution in [3.63, 3.8) is 0 Å². The second kappa shape index (κ2) is 6.01. The molecule has 0 aliphatic heterocycles. The van der Waals surface area contributed by atoms with E-state index in [2.05, 4.69) is 9.73 Å². The maximum absolute atomic E-state index is 11.6. The van der Waals surface area contributed by atoms with Crippen LogP contribution in [0, 0.1) is 0 Å². The molecule has 0 unspecified atom stereocenters. The van der Waals surface area contributed by atoms with Crippen LogP contribution in [0.4, 0.5) is 0 Å². The van der Waals surface area contributed by atoms with Crippen LogP contribution in [0.2, 0.25) is 0 Å². The molecule has 1 aromatic heterocycles. The van der Waals surface area contributed by atoms with E-state index in [9.17, 15) is 18.0 Å². The number of hydrogen-bond donors (Lipinski definition) is 0. The van der Waals surface area contributed by atoms with Crippen LogP contribution in [0.5, 0.6) is 0 Å². The molecule has 0 aliphatic carbocycles. The van der Waals surface area contributed by atoms with Crippen LogP contribution in [-0.4, -0.2) is 38.2 Å². The lowest BCUT2D eigenvalue weighted by Crippen LogP contribution is -2.22. The number of nitrogens with zero attached hydrogens (tertiary/aromatic N) is 2. The number of amides is 1. The van der Waals surface area contributed by atoms with Gasteiger partial charge in [-0.2, -0.15) is 4.99 Å². The lowest BCUT2D eigenvalue weighted by Gasteiger charge is -2.04. The summed E-state index contributed by atoms with van der Waals surface area (Å²) in [6.07, 6.45) is 1.12. The predicted octanol–water partition coefficient (Wildman–Crippen LogP) is 0.726. The van der Waals surface area contributed by atoms with Gasteiger partial charge in [0, 0.05) is 13.2 Å². The van der Waals surface area contributed by atoms with E-state index in [1.807, 2.05) is 0 Å². The topological polar surface area (TPSA) is 94.8 Å². The molecule has 0 aliphatic rings. The molecule has 7 nitrogen and oxygen atoms in total. The third-order valence-electron chi connectivity index (χ3n) is 2.85. The van der Waals surface area contributed by atoms with E-state index in [0.717, 1.165) is 17.6 Å². The molecule has 2 aromatic rings. The van der Waals surface area contributed by atoms with Crippen molar-refractivity contribution in [2.24, 2.45) is 4.99 Å². The molecular formula is C13H14N2O5S2. The second-order valence-electron chi connectivity index (χ2n) is 4.58. The number of benzene rings is 1. The molecule has 1 heterocycles. The molecule has 2 rings (SSSR count). The first-order valence-corrected chi connectivity index (χ1v) is 8.88. The van der Waals surface area contributed by atoms with Gasteiger partial charge in [-0.3, -0.25) is 9.59 Å². The average Bonchev–Trinajstić information content (AvgIpc) is 2.74. The minimum absolute atomic E-state index is 0.110. The number of methoxy groups -OCH3 is 1. The highest BCUT2D eigenvalue weighted by Crippen LogP contribution is 2.22. The predicted molar refractivity (Wildman–Crippen MR) is 81.2 cm³/mol. The van der Waals surface area contributed by atoms with Crippen LogP contribution < -0.4 is 4.80 Å². The smallest absolute Gasteiger partial charge is 0.325 e. The summed E-state index contributed by atoms with van der Waals surface area (Å²) in [6, 6.07) is 4.54. The Bertz CT molecular complexity index is 922. The Balaban J connectivity index is 2.74. The third-order valence-corrected chi connectivity index (χ3v) is 5.00. The molecule has 118 valence electrons. The third kappa shape index (κ3) is 3.42. The molecule has 0 atom stereocenters. The minimum atomic E-state index is -3.34. The van der Waals surface area contributed by atoms with Crippen molar-refractivity contribution in [1.29, 1.82) is 0 Å². The summed E-state index contributed by atoms with van der Waals surface area (Å²) in [7, 11) is -2.08. The molecule has 1 amide bonds. The quantitative estimate of drug-likeness (QED) is 0.766. The van der Waals surface area contributed by atoms with Gasteiger partial charge >= 0.3 is 5.97 Å². The van der Waals surface area contributed by atoms with Crippen LogP contribution in [0.25, 0.3) is 10.2 Å². The summed E-state index contributed by atoms with van der Waals surface area (Å²) in [5.74, 6) is -0.898. The Morgan fingerprint density at radius 3 is 2.59 bits per heavy atom. The van der Waals surface area contributed by atoms with E-state index in [4.69, 9.17) is 0 Å². The zero-order valence-corrected chi connectivity index (χ0v) is 13.8. The highest BCUT2D eigenvalue weighted by molar-refractivity contribution is 7.90. The first-order chi connectivity index (χ1) is 10.2. The maximum Gasteiger partial charge on any atom is 0.325 e. The van der Waals surface area contributed by atoms with Gasteiger partial charge < -0.3 is 9.30 Å². The fourth-order valence-electron chi connectivity index (χ4n) is 1.85. The minimum Gasteiger partial charge on any atom is -0.468 e. The number of carbonyl (C=O) groups excluding carboxylic acids is 2. The van der Waals surface area contributed by atoms with Gasteiger partial charge in [-0.15, -0.1) is 0 Å². The van der Waals surface area contributed by atoms with Crippen molar-refractivity contribution < 1.29 is 22.7 Å². The van der Waals surface area contributed by atoms with Gasteiger partial charge in [-0.05, 0) is 18.2 Å². The Morgan fingerprint density at radius 1 is 1.36 bits per heavy atom. The molecule has 0 saturated carbocycles. The van der Waals surface area contributed by atoms with E-state index in [1.165, 1.54) is 30.7 Å². The zero-order chi connectivity index (χ0) is 16.5. The number of hydrogen-bond acceptors (Lipinski definition) is 6. The number of thiazole rings is 1. The molecule has 1 aromatic carbocycles. The Kier molecular flexibility index (Phi) is 4.47. The van der Waals surface area contributed by atoms with Crippen molar-refractivity contribution in [3.05, 3.63) is 23.0 Å². The highest BCUT2D eigenvalue weighted by atomic mass is 32.2. The summed E-state index contributed by atoms with van der Waals surface area (Å²) >= 11 is 1.14. The fraction of sp³-hybridized carbons (Fsp3) is 0.308. The van der Waals surface area contributed by atoms with E-state index >= 15 is 0 Å². The summed E-state index contributed by atoms with van der Waals surface area (Å²) in [5, 5.41) is 0. The monoisotopic (exact) mass is 342 g/mol. The molecule has 0 radical (unpaired) electrons. The van der Waals surface area contributed by atoms with Crippen molar-refractivity contribution in [1.82, 2.24) is 4.57 Å². The van der Waals surface area contributed by atoms with Gasteiger partial charge in [0.15, 0.2) is 14.6 Å². The standard InChI is InChI=1S/C13H14N2O5S2/c1-8(16)14-13-15(7-12(17)20-2)10-5-4-9(22(3,18)19)6-11(10)21-13/h4-6H,7H2,1-3H3. The number of fused-ring (bicyclic) bond motifs is 1. The van der Waals surface area contributed by atoms with Gasteiger partial charge in [0.05, 0.1) is 22.2 Å². The van der Waals surface area contributed by atoms with Gasteiger partial charge in [0.2, 0.25) is 5.91 Å². The van der Waals surface area contributed by atoms with Gasteiger partial charge in [-0.25, -0.2) is 8.42 Å². The molecule has 0 spiro atoms. The second-order valence-corrected chi connectivity index (χ2v) is 7.60. The van der Waals surface area contributed by atoms with Crippen LogP contribution in [0.15, 0.2) is 28.1 Å². The van der Waals surface area contributed by atoms with E-state index in [-0.39, 0.29) is 11.4 Å². The fourth-order valence-corrected chi connectivity index (χ4v) is 3.69. The van der Waals surface area contributed by atoms with Crippen molar-refractivity contribution >= 4 is 43.3 Å². The molecule has 0 N–H and O–H groups in total.